The molecular formula is C11H17N3O5S. The Balaban J connectivity index is 2.89. The summed E-state index contributed by atoms with van der Waals surface area (Å²) in [7, 11) is -0.166. The summed E-state index contributed by atoms with van der Waals surface area (Å²) in [5.41, 5.74) is -0.415. The van der Waals surface area contributed by atoms with Crippen molar-refractivity contribution >= 4 is 15.7 Å². The number of nitro groups is 1. The SMILES string of the molecule is CN(C)CCCOc1ccc(S(N)(=O)=O)cc1[N+](=O)[O-]. The Kier molecular flexibility index (Phi) is 5.43. The lowest BCUT2D eigenvalue weighted by Crippen LogP contribution is -2.16. The van der Waals surface area contributed by atoms with E-state index < -0.39 is 20.6 Å². The molecule has 0 saturated carbocycles. The normalized spacial score (nSPS) is 11.6. The summed E-state index contributed by atoms with van der Waals surface area (Å²) in [5.74, 6) is 0.0288. The molecule has 0 aliphatic heterocycles. The number of primary sulfonamides is 1. The first-order valence-corrected chi connectivity index (χ1v) is 7.35. The van der Waals surface area contributed by atoms with Crippen LogP contribution in [-0.4, -0.2) is 45.5 Å². The lowest BCUT2D eigenvalue weighted by molar-refractivity contribution is -0.386. The molecule has 0 aliphatic rings. The molecule has 0 atom stereocenters. The van der Waals surface area contributed by atoms with E-state index in [0.29, 0.717) is 13.0 Å². The molecule has 0 radical (unpaired) electrons. The van der Waals surface area contributed by atoms with E-state index in [9.17, 15) is 18.5 Å². The molecule has 0 amide bonds. The Labute approximate surface area is 117 Å². The van der Waals surface area contributed by atoms with Gasteiger partial charge in [-0.05, 0) is 32.6 Å². The molecule has 0 aromatic heterocycles. The summed E-state index contributed by atoms with van der Waals surface area (Å²) in [6.07, 6.45) is 0.696. The summed E-state index contributed by atoms with van der Waals surface area (Å²) in [6, 6.07) is 3.33. The number of benzene rings is 1. The zero-order chi connectivity index (χ0) is 15.3. The van der Waals surface area contributed by atoms with E-state index in [1.54, 1.807) is 0 Å². The van der Waals surface area contributed by atoms with Crippen molar-refractivity contribution < 1.29 is 18.1 Å². The average Bonchev–Trinajstić information content (AvgIpc) is 2.33. The van der Waals surface area contributed by atoms with Crippen LogP contribution in [-0.2, 0) is 10.0 Å². The van der Waals surface area contributed by atoms with Crippen LogP contribution in [0.4, 0.5) is 5.69 Å². The molecule has 0 saturated heterocycles. The highest BCUT2D eigenvalue weighted by Crippen LogP contribution is 2.29. The van der Waals surface area contributed by atoms with Crippen molar-refractivity contribution in [1.82, 2.24) is 4.90 Å². The lowest BCUT2D eigenvalue weighted by atomic mass is 10.3. The minimum absolute atomic E-state index is 0.0288. The summed E-state index contributed by atoms with van der Waals surface area (Å²) in [6.45, 7) is 1.08. The van der Waals surface area contributed by atoms with Crippen LogP contribution >= 0.6 is 0 Å². The van der Waals surface area contributed by atoms with Crippen molar-refractivity contribution in [3.8, 4) is 5.75 Å². The number of rotatable bonds is 7. The van der Waals surface area contributed by atoms with E-state index in [1.807, 2.05) is 19.0 Å². The van der Waals surface area contributed by atoms with Crippen LogP contribution in [0.25, 0.3) is 0 Å². The molecule has 1 aromatic rings. The number of nitrogens with zero attached hydrogens (tertiary/aromatic N) is 2. The van der Waals surface area contributed by atoms with E-state index in [4.69, 9.17) is 9.88 Å². The lowest BCUT2D eigenvalue weighted by Gasteiger charge is -2.10. The van der Waals surface area contributed by atoms with Crippen LogP contribution in [0.15, 0.2) is 23.1 Å². The minimum atomic E-state index is -3.98. The Morgan fingerprint density at radius 2 is 2.05 bits per heavy atom. The molecule has 9 heteroatoms. The third-order valence-electron chi connectivity index (χ3n) is 2.46. The summed E-state index contributed by atoms with van der Waals surface area (Å²) in [5, 5.41) is 15.9. The van der Waals surface area contributed by atoms with Gasteiger partial charge in [-0.25, -0.2) is 13.6 Å². The smallest absolute Gasteiger partial charge is 0.312 e. The molecule has 2 N–H and O–H groups in total. The van der Waals surface area contributed by atoms with Gasteiger partial charge in [-0.2, -0.15) is 0 Å². The van der Waals surface area contributed by atoms with Crippen molar-refractivity contribution in [3.63, 3.8) is 0 Å². The average molecular weight is 303 g/mol. The fourth-order valence-corrected chi connectivity index (χ4v) is 2.04. The molecular weight excluding hydrogens is 286 g/mol. The van der Waals surface area contributed by atoms with Crippen LogP contribution in [0.2, 0.25) is 0 Å². The maximum Gasteiger partial charge on any atom is 0.312 e. The fourth-order valence-electron chi connectivity index (χ4n) is 1.50. The monoisotopic (exact) mass is 303 g/mol. The fraction of sp³-hybridized carbons (Fsp3) is 0.455. The van der Waals surface area contributed by atoms with Crippen molar-refractivity contribution in [2.75, 3.05) is 27.2 Å². The van der Waals surface area contributed by atoms with Gasteiger partial charge >= 0.3 is 5.69 Å². The standard InChI is InChI=1S/C11H17N3O5S/c1-13(2)6-3-7-19-11-5-4-9(20(12,17)18)8-10(11)14(15)16/h4-5,8H,3,6-7H2,1-2H3,(H2,12,17,18). The highest BCUT2D eigenvalue weighted by atomic mass is 32.2. The molecule has 0 aliphatic carbocycles. The van der Waals surface area contributed by atoms with Crippen LogP contribution in [0.1, 0.15) is 6.42 Å². The maximum atomic E-state index is 11.2. The zero-order valence-electron chi connectivity index (χ0n) is 11.3. The Morgan fingerprint density at radius 1 is 1.40 bits per heavy atom. The highest BCUT2D eigenvalue weighted by molar-refractivity contribution is 7.89. The predicted octanol–water partition coefficient (Wildman–Crippen LogP) is 0.573. The summed E-state index contributed by atoms with van der Waals surface area (Å²) >= 11 is 0. The second kappa shape index (κ2) is 6.64. The Bertz CT molecular complexity index is 586. The van der Waals surface area contributed by atoms with E-state index >= 15 is 0 Å². The van der Waals surface area contributed by atoms with E-state index in [0.717, 1.165) is 12.6 Å². The van der Waals surface area contributed by atoms with E-state index in [-0.39, 0.29) is 10.6 Å². The number of hydrogen-bond donors (Lipinski definition) is 1. The summed E-state index contributed by atoms with van der Waals surface area (Å²) < 4.78 is 27.6. The minimum Gasteiger partial charge on any atom is -0.487 e. The molecule has 0 bridgehead atoms. The maximum absolute atomic E-state index is 11.2. The van der Waals surface area contributed by atoms with Gasteiger partial charge < -0.3 is 9.64 Å². The van der Waals surface area contributed by atoms with Crippen LogP contribution < -0.4 is 9.88 Å². The molecule has 20 heavy (non-hydrogen) atoms. The number of ether oxygens (including phenoxy) is 1. The summed E-state index contributed by atoms with van der Waals surface area (Å²) in [4.78, 5) is 11.9. The second-order valence-electron chi connectivity index (χ2n) is 4.44. The van der Waals surface area contributed by atoms with Gasteiger partial charge in [0, 0.05) is 12.6 Å². The third-order valence-corrected chi connectivity index (χ3v) is 3.37. The van der Waals surface area contributed by atoms with Gasteiger partial charge in [0.2, 0.25) is 10.0 Å². The van der Waals surface area contributed by atoms with Crippen LogP contribution in [0, 0.1) is 10.1 Å². The Hall–Kier alpha value is -1.71. The van der Waals surface area contributed by atoms with Gasteiger partial charge in [-0.15, -0.1) is 0 Å². The number of nitrogens with two attached hydrogens (primary N) is 1. The first kappa shape index (κ1) is 16.3. The molecule has 0 spiro atoms. The molecule has 0 heterocycles. The number of sulfonamides is 1. The van der Waals surface area contributed by atoms with Gasteiger partial charge in [-0.1, -0.05) is 0 Å². The van der Waals surface area contributed by atoms with Crippen molar-refractivity contribution in [3.05, 3.63) is 28.3 Å². The molecule has 1 aromatic carbocycles. The van der Waals surface area contributed by atoms with Crippen molar-refractivity contribution in [1.29, 1.82) is 0 Å². The van der Waals surface area contributed by atoms with E-state index in [2.05, 4.69) is 0 Å². The van der Waals surface area contributed by atoms with Crippen LogP contribution in [0.3, 0.4) is 0 Å². The topological polar surface area (TPSA) is 116 Å². The highest BCUT2D eigenvalue weighted by Gasteiger charge is 2.20. The van der Waals surface area contributed by atoms with Gasteiger partial charge in [0.25, 0.3) is 0 Å². The van der Waals surface area contributed by atoms with E-state index in [1.165, 1.54) is 12.1 Å². The van der Waals surface area contributed by atoms with Crippen molar-refractivity contribution in [2.24, 2.45) is 5.14 Å². The number of hydrogen-bond acceptors (Lipinski definition) is 6. The Morgan fingerprint density at radius 3 is 2.55 bits per heavy atom. The van der Waals surface area contributed by atoms with Gasteiger partial charge in [0.15, 0.2) is 5.75 Å². The third kappa shape index (κ3) is 4.76. The van der Waals surface area contributed by atoms with Gasteiger partial charge in [-0.3, -0.25) is 10.1 Å². The quantitative estimate of drug-likeness (QED) is 0.447. The predicted molar refractivity (Wildman–Crippen MR) is 73.1 cm³/mol. The molecule has 0 unspecified atom stereocenters. The first-order valence-electron chi connectivity index (χ1n) is 5.80. The zero-order valence-corrected chi connectivity index (χ0v) is 12.1. The van der Waals surface area contributed by atoms with Crippen molar-refractivity contribution in [2.45, 2.75) is 11.3 Å². The number of nitro benzene ring substituents is 1. The first-order chi connectivity index (χ1) is 9.21. The van der Waals surface area contributed by atoms with Crippen LogP contribution in [0.5, 0.6) is 5.75 Å². The second-order valence-corrected chi connectivity index (χ2v) is 6.00. The van der Waals surface area contributed by atoms with Gasteiger partial charge in [0.05, 0.1) is 16.4 Å². The van der Waals surface area contributed by atoms with Gasteiger partial charge in [0.1, 0.15) is 0 Å². The molecule has 1 rings (SSSR count). The largest absolute Gasteiger partial charge is 0.487 e. The molecule has 112 valence electrons. The molecule has 0 fully saturated rings. The molecule has 8 nitrogen and oxygen atoms in total.